The minimum Gasteiger partial charge on any atom is -0.340 e. The highest BCUT2D eigenvalue weighted by Gasteiger charge is 2.25. The van der Waals surface area contributed by atoms with E-state index in [1.165, 1.54) is 11.8 Å². The standard InChI is InChI=1S/C27H21Cl2N3OS/c1-16-13-20(29)11-12-23(16)30-27-31-26(33)25(34-27)14-22-17(2)32(24-6-4-3-5-21(22)24)15-18-7-9-19(28)10-8-18/h3-14H,15H2,1-2H3,(H,30,31,33)/b25-14-. The first kappa shape index (κ1) is 22.8. The Morgan fingerprint density at radius 1 is 1.00 bits per heavy atom. The zero-order chi connectivity index (χ0) is 23.8. The van der Waals surface area contributed by atoms with Gasteiger partial charge in [-0.15, -0.1) is 0 Å². The molecule has 0 atom stereocenters. The van der Waals surface area contributed by atoms with Crippen LogP contribution in [0.1, 0.15) is 22.4 Å². The van der Waals surface area contributed by atoms with Crippen LogP contribution < -0.4 is 5.32 Å². The van der Waals surface area contributed by atoms with Crippen molar-refractivity contribution in [2.24, 2.45) is 4.99 Å². The molecule has 4 nitrogen and oxygen atoms in total. The lowest BCUT2D eigenvalue weighted by atomic mass is 10.1. The average molecular weight is 506 g/mol. The van der Waals surface area contributed by atoms with Crippen LogP contribution in [0.3, 0.4) is 0 Å². The maximum atomic E-state index is 12.8. The van der Waals surface area contributed by atoms with Crippen LogP contribution in [0.25, 0.3) is 17.0 Å². The summed E-state index contributed by atoms with van der Waals surface area (Å²) >= 11 is 13.5. The van der Waals surface area contributed by atoms with Crippen LogP contribution in [0.5, 0.6) is 0 Å². The van der Waals surface area contributed by atoms with E-state index in [1.54, 1.807) is 6.07 Å². The summed E-state index contributed by atoms with van der Waals surface area (Å²) in [6.45, 7) is 4.75. The van der Waals surface area contributed by atoms with Gasteiger partial charge in [-0.1, -0.05) is 53.5 Å². The van der Waals surface area contributed by atoms with E-state index in [2.05, 4.69) is 33.9 Å². The molecule has 1 aromatic heterocycles. The van der Waals surface area contributed by atoms with E-state index in [0.717, 1.165) is 44.0 Å². The van der Waals surface area contributed by atoms with Gasteiger partial charge in [0, 0.05) is 38.8 Å². The molecular formula is C27H21Cl2N3OS. The van der Waals surface area contributed by atoms with Gasteiger partial charge in [-0.05, 0) is 79.2 Å². The molecule has 0 bridgehead atoms. The summed E-state index contributed by atoms with van der Waals surface area (Å²) in [5.41, 5.74) is 6.14. The number of hydrogen-bond donors (Lipinski definition) is 1. The molecular weight excluding hydrogens is 485 g/mol. The van der Waals surface area contributed by atoms with Crippen molar-refractivity contribution in [2.45, 2.75) is 20.4 Å². The first-order valence-corrected chi connectivity index (χ1v) is 12.3. The van der Waals surface area contributed by atoms with Crippen LogP contribution in [0.4, 0.5) is 5.69 Å². The fourth-order valence-corrected chi connectivity index (χ4v) is 5.25. The minimum absolute atomic E-state index is 0.149. The number of nitrogens with zero attached hydrogens (tertiary/aromatic N) is 2. The van der Waals surface area contributed by atoms with Crippen molar-refractivity contribution in [3.63, 3.8) is 0 Å². The number of amidine groups is 1. The Bertz CT molecular complexity index is 1490. The molecule has 34 heavy (non-hydrogen) atoms. The Hall–Kier alpha value is -2.99. The Balaban J connectivity index is 1.51. The molecule has 2 heterocycles. The molecule has 0 aliphatic carbocycles. The van der Waals surface area contributed by atoms with Gasteiger partial charge < -0.3 is 9.88 Å². The number of para-hydroxylation sites is 1. The van der Waals surface area contributed by atoms with Crippen molar-refractivity contribution >= 4 is 68.7 Å². The third-order valence-corrected chi connectivity index (χ3v) is 7.24. The summed E-state index contributed by atoms with van der Waals surface area (Å²) < 4.78 is 2.27. The van der Waals surface area contributed by atoms with Gasteiger partial charge in [0.2, 0.25) is 0 Å². The molecule has 170 valence electrons. The zero-order valence-corrected chi connectivity index (χ0v) is 20.9. The Labute approximate surface area is 212 Å². The second kappa shape index (κ2) is 9.34. The summed E-state index contributed by atoms with van der Waals surface area (Å²) in [6, 6.07) is 21.7. The van der Waals surface area contributed by atoms with Gasteiger partial charge in [0.05, 0.1) is 10.6 Å². The van der Waals surface area contributed by atoms with Crippen LogP contribution >= 0.6 is 35.0 Å². The van der Waals surface area contributed by atoms with E-state index in [9.17, 15) is 4.79 Å². The maximum absolute atomic E-state index is 12.8. The predicted octanol–water partition coefficient (Wildman–Crippen LogP) is 7.50. The molecule has 1 amide bonds. The van der Waals surface area contributed by atoms with Crippen LogP contribution in [0.15, 0.2) is 76.6 Å². The van der Waals surface area contributed by atoms with Gasteiger partial charge in [0.25, 0.3) is 5.91 Å². The summed E-state index contributed by atoms with van der Waals surface area (Å²) in [5.74, 6) is -0.149. The summed E-state index contributed by atoms with van der Waals surface area (Å²) in [7, 11) is 0. The lowest BCUT2D eigenvalue weighted by molar-refractivity contribution is -0.115. The van der Waals surface area contributed by atoms with E-state index in [4.69, 9.17) is 23.2 Å². The monoisotopic (exact) mass is 505 g/mol. The number of aliphatic imine (C=N–C) groups is 1. The number of fused-ring (bicyclic) bond motifs is 1. The Kier molecular flexibility index (Phi) is 6.26. The largest absolute Gasteiger partial charge is 0.340 e. The molecule has 1 aliphatic heterocycles. The molecule has 1 aliphatic rings. The molecule has 1 N–H and O–H groups in total. The lowest BCUT2D eigenvalue weighted by Crippen LogP contribution is -2.19. The molecule has 0 unspecified atom stereocenters. The van der Waals surface area contributed by atoms with Crippen molar-refractivity contribution < 1.29 is 4.79 Å². The number of amides is 1. The Morgan fingerprint density at radius 2 is 1.74 bits per heavy atom. The van der Waals surface area contributed by atoms with Gasteiger partial charge in [-0.3, -0.25) is 4.79 Å². The summed E-state index contributed by atoms with van der Waals surface area (Å²) in [5, 5.41) is 5.94. The van der Waals surface area contributed by atoms with E-state index in [0.29, 0.717) is 21.6 Å². The minimum atomic E-state index is -0.149. The number of hydrogen-bond acceptors (Lipinski definition) is 3. The van der Waals surface area contributed by atoms with Gasteiger partial charge in [-0.2, -0.15) is 0 Å². The number of aryl methyl sites for hydroxylation is 1. The van der Waals surface area contributed by atoms with Crippen molar-refractivity contribution in [2.75, 3.05) is 0 Å². The number of thioether (sulfide) groups is 1. The average Bonchev–Trinajstić information content (AvgIpc) is 3.29. The fourth-order valence-electron chi connectivity index (χ4n) is 4.08. The number of halogens is 2. The number of aromatic nitrogens is 1. The number of carbonyl (C=O) groups is 1. The number of carbonyl (C=O) groups excluding carboxylic acids is 1. The number of rotatable bonds is 4. The second-order valence-electron chi connectivity index (χ2n) is 8.14. The molecule has 4 aromatic rings. The quantitative estimate of drug-likeness (QED) is 0.291. The summed E-state index contributed by atoms with van der Waals surface area (Å²) in [4.78, 5) is 18.0. The highest BCUT2D eigenvalue weighted by Crippen LogP contribution is 2.34. The molecule has 0 spiro atoms. The van der Waals surface area contributed by atoms with E-state index in [-0.39, 0.29) is 5.91 Å². The molecule has 5 rings (SSSR count). The molecule has 0 radical (unpaired) electrons. The number of nitrogens with one attached hydrogen (secondary N) is 1. The van der Waals surface area contributed by atoms with Crippen LogP contribution in [0, 0.1) is 13.8 Å². The van der Waals surface area contributed by atoms with Gasteiger partial charge >= 0.3 is 0 Å². The van der Waals surface area contributed by atoms with E-state index < -0.39 is 0 Å². The van der Waals surface area contributed by atoms with Crippen molar-refractivity contribution in [1.82, 2.24) is 9.88 Å². The van der Waals surface area contributed by atoms with E-state index >= 15 is 0 Å². The normalized spacial score (nSPS) is 16.1. The van der Waals surface area contributed by atoms with Crippen LogP contribution in [-0.4, -0.2) is 15.6 Å². The van der Waals surface area contributed by atoms with Gasteiger partial charge in [-0.25, -0.2) is 4.99 Å². The molecule has 3 aromatic carbocycles. The van der Waals surface area contributed by atoms with Crippen molar-refractivity contribution in [3.8, 4) is 0 Å². The smallest absolute Gasteiger partial charge is 0.264 e. The zero-order valence-electron chi connectivity index (χ0n) is 18.6. The third kappa shape index (κ3) is 4.51. The highest BCUT2D eigenvalue weighted by molar-refractivity contribution is 8.18. The first-order chi connectivity index (χ1) is 16.4. The second-order valence-corrected chi connectivity index (χ2v) is 10.0. The van der Waals surface area contributed by atoms with Gasteiger partial charge in [0.15, 0.2) is 5.17 Å². The molecule has 7 heteroatoms. The van der Waals surface area contributed by atoms with Crippen molar-refractivity contribution in [3.05, 3.63) is 104 Å². The van der Waals surface area contributed by atoms with E-state index in [1.807, 2.05) is 61.5 Å². The molecule has 0 saturated carbocycles. The highest BCUT2D eigenvalue weighted by atomic mass is 35.5. The first-order valence-electron chi connectivity index (χ1n) is 10.8. The lowest BCUT2D eigenvalue weighted by Gasteiger charge is -2.09. The topological polar surface area (TPSA) is 46.4 Å². The fraction of sp³-hybridized carbons (Fsp3) is 0.111. The Morgan fingerprint density at radius 3 is 2.50 bits per heavy atom. The molecule has 1 fully saturated rings. The summed E-state index contributed by atoms with van der Waals surface area (Å²) in [6.07, 6.45) is 1.97. The third-order valence-electron chi connectivity index (χ3n) is 5.84. The van der Waals surface area contributed by atoms with Crippen molar-refractivity contribution in [1.29, 1.82) is 0 Å². The van der Waals surface area contributed by atoms with Crippen LogP contribution in [-0.2, 0) is 11.3 Å². The van der Waals surface area contributed by atoms with Crippen LogP contribution in [0.2, 0.25) is 10.0 Å². The maximum Gasteiger partial charge on any atom is 0.264 e. The van der Waals surface area contributed by atoms with Gasteiger partial charge in [0.1, 0.15) is 0 Å². The SMILES string of the molecule is Cc1cc(Cl)ccc1N=C1NC(=O)/C(=C/c2c(C)n(Cc3ccc(Cl)cc3)c3ccccc23)S1. The molecule has 1 saturated heterocycles. The number of benzene rings is 3. The predicted molar refractivity (Wildman–Crippen MR) is 144 cm³/mol.